The molecule has 5 nitrogen and oxygen atoms in total. The van der Waals surface area contributed by atoms with Crippen LogP contribution < -0.4 is 5.32 Å². The van der Waals surface area contributed by atoms with E-state index in [1.54, 1.807) is 0 Å². The zero-order chi connectivity index (χ0) is 15.4. The van der Waals surface area contributed by atoms with Gasteiger partial charge in [-0.3, -0.25) is 5.10 Å². The summed E-state index contributed by atoms with van der Waals surface area (Å²) in [5.74, 6) is 1.07. The van der Waals surface area contributed by atoms with Gasteiger partial charge in [0.2, 0.25) is 0 Å². The summed E-state index contributed by atoms with van der Waals surface area (Å²) in [6, 6.07) is 0. The topological polar surface area (TPSA) is 56.3 Å². The van der Waals surface area contributed by atoms with Crippen molar-refractivity contribution >= 4 is 29.9 Å². The van der Waals surface area contributed by atoms with Crippen molar-refractivity contribution in [1.82, 2.24) is 20.4 Å². The van der Waals surface area contributed by atoms with Crippen molar-refractivity contribution in [2.45, 2.75) is 58.9 Å². The fourth-order valence-electron chi connectivity index (χ4n) is 3.95. The Labute approximate surface area is 156 Å². The number of rotatable bonds is 3. The third-order valence-corrected chi connectivity index (χ3v) is 5.32. The smallest absolute Gasteiger partial charge is 0.194 e. The molecule has 1 aromatic heterocycles. The number of hydrogen-bond donors (Lipinski definition) is 2. The van der Waals surface area contributed by atoms with Crippen LogP contribution in [-0.4, -0.2) is 40.7 Å². The molecule has 3 rings (SSSR count). The molecule has 23 heavy (non-hydrogen) atoms. The summed E-state index contributed by atoms with van der Waals surface area (Å²) in [5, 5.41) is 10.5. The van der Waals surface area contributed by atoms with Crippen molar-refractivity contribution in [2.24, 2.45) is 10.4 Å². The molecule has 1 saturated carbocycles. The maximum absolute atomic E-state index is 4.85. The van der Waals surface area contributed by atoms with E-state index in [2.05, 4.69) is 34.3 Å². The zero-order valence-corrected chi connectivity index (χ0v) is 16.7. The lowest BCUT2D eigenvalue weighted by atomic mass is 9.73. The van der Waals surface area contributed by atoms with Crippen molar-refractivity contribution in [2.75, 3.05) is 19.6 Å². The second-order valence-electron chi connectivity index (χ2n) is 6.92. The SMILES string of the molecule is CCNC(=NCc1cn[nH]c1C)N1CCC2(CCCCC2)C1.I. The molecule has 1 aliphatic carbocycles. The lowest BCUT2D eigenvalue weighted by Crippen LogP contribution is -2.41. The highest BCUT2D eigenvalue weighted by Gasteiger charge is 2.39. The van der Waals surface area contributed by atoms with Gasteiger partial charge in [0.25, 0.3) is 0 Å². The Morgan fingerprint density at radius 1 is 1.35 bits per heavy atom. The summed E-state index contributed by atoms with van der Waals surface area (Å²) in [7, 11) is 0. The highest BCUT2D eigenvalue weighted by atomic mass is 127. The molecule has 6 heteroatoms. The number of aromatic amines is 1. The molecule has 0 unspecified atom stereocenters. The number of aryl methyl sites for hydroxylation is 1. The van der Waals surface area contributed by atoms with E-state index >= 15 is 0 Å². The Kier molecular flexibility index (Phi) is 6.73. The van der Waals surface area contributed by atoms with Gasteiger partial charge in [-0.2, -0.15) is 5.10 Å². The number of H-pyrrole nitrogens is 1. The minimum Gasteiger partial charge on any atom is -0.357 e. The highest BCUT2D eigenvalue weighted by Crippen LogP contribution is 2.43. The average molecular weight is 431 g/mol. The van der Waals surface area contributed by atoms with Crippen LogP contribution >= 0.6 is 24.0 Å². The van der Waals surface area contributed by atoms with Crippen molar-refractivity contribution in [3.63, 3.8) is 0 Å². The van der Waals surface area contributed by atoms with Gasteiger partial charge in [0.1, 0.15) is 0 Å². The van der Waals surface area contributed by atoms with Crippen molar-refractivity contribution in [3.05, 3.63) is 17.5 Å². The van der Waals surface area contributed by atoms with Crippen LogP contribution in [0.2, 0.25) is 0 Å². The summed E-state index contributed by atoms with van der Waals surface area (Å²) in [6.07, 6.45) is 10.3. The Balaban J connectivity index is 0.00000192. The molecule has 1 spiro atoms. The molecule has 2 aliphatic rings. The van der Waals surface area contributed by atoms with E-state index in [-0.39, 0.29) is 24.0 Å². The van der Waals surface area contributed by atoms with Gasteiger partial charge in [-0.05, 0) is 38.5 Å². The van der Waals surface area contributed by atoms with Gasteiger partial charge >= 0.3 is 0 Å². The lowest BCUT2D eigenvalue weighted by Gasteiger charge is -2.33. The van der Waals surface area contributed by atoms with Crippen molar-refractivity contribution in [1.29, 1.82) is 0 Å². The molecule has 0 bridgehead atoms. The largest absolute Gasteiger partial charge is 0.357 e. The van der Waals surface area contributed by atoms with Gasteiger partial charge in [-0.25, -0.2) is 4.99 Å². The zero-order valence-electron chi connectivity index (χ0n) is 14.4. The summed E-state index contributed by atoms with van der Waals surface area (Å²) in [4.78, 5) is 7.32. The molecule has 2 heterocycles. The summed E-state index contributed by atoms with van der Waals surface area (Å²) < 4.78 is 0. The predicted octanol–water partition coefficient (Wildman–Crippen LogP) is 3.46. The van der Waals surface area contributed by atoms with Crippen LogP contribution in [0.1, 0.15) is 56.7 Å². The first-order valence-electron chi connectivity index (χ1n) is 8.74. The number of guanidine groups is 1. The summed E-state index contributed by atoms with van der Waals surface area (Å²) in [5.41, 5.74) is 2.87. The number of nitrogens with zero attached hydrogens (tertiary/aromatic N) is 3. The van der Waals surface area contributed by atoms with E-state index in [9.17, 15) is 0 Å². The fourth-order valence-corrected chi connectivity index (χ4v) is 3.95. The van der Waals surface area contributed by atoms with Crippen molar-refractivity contribution < 1.29 is 0 Å². The number of halogens is 1. The number of hydrogen-bond acceptors (Lipinski definition) is 2. The second-order valence-corrected chi connectivity index (χ2v) is 6.92. The maximum atomic E-state index is 4.85. The van der Waals surface area contributed by atoms with Crippen LogP contribution in [0.15, 0.2) is 11.2 Å². The van der Waals surface area contributed by atoms with Gasteiger partial charge in [-0.1, -0.05) is 19.3 Å². The first-order chi connectivity index (χ1) is 10.7. The predicted molar refractivity (Wildman–Crippen MR) is 105 cm³/mol. The van der Waals surface area contributed by atoms with Crippen LogP contribution in [0.4, 0.5) is 0 Å². The first kappa shape index (κ1) is 18.5. The van der Waals surface area contributed by atoms with Gasteiger partial charge in [0.05, 0.1) is 12.7 Å². The minimum atomic E-state index is 0. The molecule has 1 saturated heterocycles. The summed E-state index contributed by atoms with van der Waals surface area (Å²) >= 11 is 0. The molecule has 0 radical (unpaired) electrons. The van der Waals surface area contributed by atoms with Crippen LogP contribution in [-0.2, 0) is 6.54 Å². The monoisotopic (exact) mass is 431 g/mol. The normalized spacial score (nSPS) is 20.6. The Hall–Kier alpha value is -0.790. The van der Waals surface area contributed by atoms with E-state index < -0.39 is 0 Å². The number of aliphatic imine (C=N–C) groups is 1. The Bertz CT molecular complexity index is 519. The molecule has 0 amide bonds. The van der Waals surface area contributed by atoms with E-state index in [1.165, 1.54) is 50.6 Å². The molecule has 0 atom stereocenters. The molecule has 1 aliphatic heterocycles. The Morgan fingerprint density at radius 2 is 2.13 bits per heavy atom. The Morgan fingerprint density at radius 3 is 2.78 bits per heavy atom. The number of likely N-dealkylation sites (tertiary alicyclic amines) is 1. The van der Waals surface area contributed by atoms with E-state index in [4.69, 9.17) is 4.99 Å². The highest BCUT2D eigenvalue weighted by molar-refractivity contribution is 14.0. The first-order valence-corrected chi connectivity index (χ1v) is 8.74. The molecule has 0 aromatic carbocycles. The van der Waals surface area contributed by atoms with Crippen LogP contribution in [0.25, 0.3) is 0 Å². The third-order valence-electron chi connectivity index (χ3n) is 5.32. The van der Waals surface area contributed by atoms with Gasteiger partial charge in [-0.15, -0.1) is 24.0 Å². The van der Waals surface area contributed by atoms with E-state index in [0.717, 1.165) is 24.7 Å². The minimum absolute atomic E-state index is 0. The third kappa shape index (κ3) is 4.39. The molecular formula is C17H30IN5. The van der Waals surface area contributed by atoms with Gasteiger partial charge in [0, 0.05) is 30.9 Å². The lowest BCUT2D eigenvalue weighted by molar-refractivity contribution is 0.203. The van der Waals surface area contributed by atoms with Crippen LogP contribution in [0, 0.1) is 12.3 Å². The number of aromatic nitrogens is 2. The van der Waals surface area contributed by atoms with E-state index in [0.29, 0.717) is 12.0 Å². The molecule has 1 aromatic rings. The molecular weight excluding hydrogens is 401 g/mol. The van der Waals surface area contributed by atoms with Crippen molar-refractivity contribution in [3.8, 4) is 0 Å². The maximum Gasteiger partial charge on any atom is 0.194 e. The second kappa shape index (κ2) is 8.35. The summed E-state index contributed by atoms with van der Waals surface area (Å²) in [6.45, 7) is 8.16. The van der Waals surface area contributed by atoms with E-state index in [1.807, 2.05) is 6.20 Å². The van der Waals surface area contributed by atoms with Gasteiger partial charge in [0.15, 0.2) is 5.96 Å². The van der Waals surface area contributed by atoms with Crippen LogP contribution in [0.5, 0.6) is 0 Å². The average Bonchev–Trinajstić information content (AvgIpc) is 3.12. The number of nitrogens with one attached hydrogen (secondary N) is 2. The molecule has 2 N–H and O–H groups in total. The molecule has 130 valence electrons. The van der Waals surface area contributed by atoms with Gasteiger partial charge < -0.3 is 10.2 Å². The quantitative estimate of drug-likeness (QED) is 0.438. The van der Waals surface area contributed by atoms with Crippen LogP contribution in [0.3, 0.4) is 0 Å². The molecule has 2 fully saturated rings. The standard InChI is InChI=1S/C17H29N5.HI/c1-3-18-16(19-11-15-12-20-21-14(15)2)22-10-9-17(13-22)7-5-4-6-8-17;/h12H,3-11,13H2,1-2H3,(H,18,19)(H,20,21);1H. The fraction of sp³-hybridized carbons (Fsp3) is 0.765.